The summed E-state index contributed by atoms with van der Waals surface area (Å²) in [7, 11) is 0. The van der Waals surface area contributed by atoms with Crippen LogP contribution in [0.15, 0.2) is 48.0 Å². The van der Waals surface area contributed by atoms with Crippen LogP contribution in [0.25, 0.3) is 0 Å². The normalized spacial score (nSPS) is 13.0. The second-order valence-electron chi connectivity index (χ2n) is 5.97. The van der Waals surface area contributed by atoms with Crippen LogP contribution < -0.4 is 0 Å². The van der Waals surface area contributed by atoms with E-state index in [0.29, 0.717) is 25.7 Å². The molecule has 2 aromatic carbocycles. The number of hydrogen-bond acceptors (Lipinski definition) is 2. The Balaban J connectivity index is 2.52. The van der Waals surface area contributed by atoms with Gasteiger partial charge in [-0.2, -0.15) is 0 Å². The molecule has 2 nitrogen and oxygen atoms in total. The number of benzene rings is 2. The van der Waals surface area contributed by atoms with E-state index >= 15 is 0 Å². The van der Waals surface area contributed by atoms with Gasteiger partial charge in [-0.25, -0.2) is 4.79 Å². The Kier molecular flexibility index (Phi) is 7.42. The smallest absolute Gasteiger partial charge is 0.333 e. The Labute approximate surface area is 173 Å². The van der Waals surface area contributed by atoms with E-state index in [1.165, 1.54) is 0 Å². The van der Waals surface area contributed by atoms with Crippen molar-refractivity contribution >= 4 is 52.4 Å². The van der Waals surface area contributed by atoms with Crippen molar-refractivity contribution in [1.29, 1.82) is 0 Å². The zero-order valence-electron chi connectivity index (χ0n) is 14.5. The lowest BCUT2D eigenvalue weighted by Gasteiger charge is -2.26. The number of rotatable bonds is 5. The van der Waals surface area contributed by atoms with E-state index in [1.807, 2.05) is 6.92 Å². The highest BCUT2D eigenvalue weighted by molar-refractivity contribution is 6.35. The Bertz CT molecular complexity index is 754. The largest absolute Gasteiger partial charge is 0.458 e. The van der Waals surface area contributed by atoms with Crippen molar-refractivity contribution in [2.45, 2.75) is 32.8 Å². The van der Waals surface area contributed by atoms with Crippen molar-refractivity contribution in [3.8, 4) is 0 Å². The molecule has 1 unspecified atom stereocenters. The molecule has 0 aliphatic rings. The summed E-state index contributed by atoms with van der Waals surface area (Å²) in [4.78, 5) is 12.2. The lowest BCUT2D eigenvalue weighted by atomic mass is 9.87. The summed E-state index contributed by atoms with van der Waals surface area (Å²) in [5.41, 5.74) is 2.14. The van der Waals surface area contributed by atoms with Gasteiger partial charge in [-0.05, 0) is 68.3 Å². The molecule has 0 fully saturated rings. The van der Waals surface area contributed by atoms with Crippen LogP contribution in [0.5, 0.6) is 0 Å². The number of halogens is 4. The van der Waals surface area contributed by atoms with Crippen molar-refractivity contribution in [3.63, 3.8) is 0 Å². The molecule has 6 heteroatoms. The summed E-state index contributed by atoms with van der Waals surface area (Å²) < 4.78 is 5.65. The molecular weight excluding hydrogens is 414 g/mol. The third-order valence-electron chi connectivity index (χ3n) is 4.01. The first-order valence-electron chi connectivity index (χ1n) is 7.97. The van der Waals surface area contributed by atoms with Gasteiger partial charge in [0.2, 0.25) is 0 Å². The third kappa shape index (κ3) is 5.40. The molecule has 1 atom stereocenters. The second kappa shape index (κ2) is 9.14. The fourth-order valence-corrected chi connectivity index (χ4v) is 3.78. The quantitative estimate of drug-likeness (QED) is 0.365. The molecule has 0 heterocycles. The summed E-state index contributed by atoms with van der Waals surface area (Å²) in [5.74, 6) is -0.720. The highest BCUT2D eigenvalue weighted by Crippen LogP contribution is 2.36. The molecule has 0 radical (unpaired) electrons. The van der Waals surface area contributed by atoms with Crippen molar-refractivity contribution < 1.29 is 9.53 Å². The van der Waals surface area contributed by atoms with Gasteiger partial charge in [0.1, 0.15) is 6.10 Å². The highest BCUT2D eigenvalue weighted by atomic mass is 35.5. The average molecular weight is 432 g/mol. The maximum absolute atomic E-state index is 12.2. The maximum Gasteiger partial charge on any atom is 0.333 e. The maximum atomic E-state index is 12.2. The van der Waals surface area contributed by atoms with Crippen LogP contribution in [-0.2, 0) is 9.53 Å². The lowest BCUT2D eigenvalue weighted by Crippen LogP contribution is -2.24. The topological polar surface area (TPSA) is 26.3 Å². The number of hydrogen-bond donors (Lipinski definition) is 0. The zero-order chi connectivity index (χ0) is 19.4. The fraction of sp³-hybridized carbons (Fsp3) is 0.250. The van der Waals surface area contributed by atoms with Crippen LogP contribution in [-0.4, -0.2) is 12.1 Å². The van der Waals surface area contributed by atoms with Gasteiger partial charge >= 0.3 is 5.97 Å². The average Bonchev–Trinajstić information content (AvgIpc) is 2.52. The van der Waals surface area contributed by atoms with E-state index in [1.54, 1.807) is 56.3 Å². The molecule has 0 aliphatic carbocycles. The van der Waals surface area contributed by atoms with Crippen LogP contribution in [0.4, 0.5) is 0 Å². The first-order valence-corrected chi connectivity index (χ1v) is 9.48. The van der Waals surface area contributed by atoms with Crippen LogP contribution in [0.1, 0.15) is 37.8 Å². The van der Waals surface area contributed by atoms with Gasteiger partial charge in [-0.1, -0.05) is 52.5 Å². The SMILES string of the molecule is CC=C(C)C(=O)OC(C)C(c1cc(Cl)cc(Cl)c1)c1cc(Cl)cc(Cl)c1. The zero-order valence-corrected chi connectivity index (χ0v) is 17.5. The lowest BCUT2D eigenvalue weighted by molar-refractivity contribution is -0.144. The number of carbonyl (C=O) groups excluding carboxylic acids is 1. The van der Waals surface area contributed by atoms with Gasteiger partial charge in [0.15, 0.2) is 0 Å². The second-order valence-corrected chi connectivity index (χ2v) is 7.71. The molecule has 0 spiro atoms. The van der Waals surface area contributed by atoms with Gasteiger partial charge < -0.3 is 4.74 Å². The summed E-state index contributed by atoms with van der Waals surface area (Å²) >= 11 is 24.7. The van der Waals surface area contributed by atoms with Crippen molar-refractivity contribution in [2.24, 2.45) is 0 Å². The Morgan fingerprint density at radius 1 is 0.885 bits per heavy atom. The van der Waals surface area contributed by atoms with Gasteiger partial charge in [-0.3, -0.25) is 0 Å². The first kappa shape index (κ1) is 21.1. The molecular formula is C20H18Cl4O2. The van der Waals surface area contributed by atoms with Crippen LogP contribution in [0.2, 0.25) is 20.1 Å². The van der Waals surface area contributed by atoms with Gasteiger partial charge in [0.05, 0.1) is 0 Å². The van der Waals surface area contributed by atoms with E-state index in [2.05, 4.69) is 0 Å². The molecule has 138 valence electrons. The standard InChI is InChI=1S/C20H18Cl4O2/c1-4-11(2)20(25)26-12(3)19(13-5-15(21)9-16(22)6-13)14-7-17(23)10-18(24)8-14/h4-10,12,19H,1-3H3. The Hall–Kier alpha value is -1.19. The minimum atomic E-state index is -0.499. The van der Waals surface area contributed by atoms with Gasteiger partial charge in [-0.15, -0.1) is 0 Å². The summed E-state index contributed by atoms with van der Waals surface area (Å²) in [6, 6.07) is 10.5. The third-order valence-corrected chi connectivity index (χ3v) is 4.88. The van der Waals surface area contributed by atoms with Crippen molar-refractivity contribution in [3.05, 3.63) is 79.3 Å². The number of esters is 1. The molecule has 26 heavy (non-hydrogen) atoms. The van der Waals surface area contributed by atoms with Crippen LogP contribution in [0.3, 0.4) is 0 Å². The van der Waals surface area contributed by atoms with Crippen LogP contribution >= 0.6 is 46.4 Å². The molecule has 0 amide bonds. The van der Waals surface area contributed by atoms with Gasteiger partial charge in [0, 0.05) is 31.6 Å². The van der Waals surface area contributed by atoms with E-state index in [4.69, 9.17) is 51.1 Å². The molecule has 0 saturated heterocycles. The minimum absolute atomic E-state index is 0.337. The van der Waals surface area contributed by atoms with Crippen molar-refractivity contribution in [1.82, 2.24) is 0 Å². The van der Waals surface area contributed by atoms with E-state index in [-0.39, 0.29) is 11.9 Å². The summed E-state index contributed by atoms with van der Waals surface area (Å²) in [5, 5.41) is 1.98. The molecule has 0 saturated carbocycles. The van der Waals surface area contributed by atoms with E-state index in [0.717, 1.165) is 11.1 Å². The number of ether oxygens (including phenoxy) is 1. The summed E-state index contributed by atoms with van der Waals surface area (Å²) in [6.07, 6.45) is 1.21. The monoisotopic (exact) mass is 430 g/mol. The minimum Gasteiger partial charge on any atom is -0.458 e. The van der Waals surface area contributed by atoms with E-state index in [9.17, 15) is 4.79 Å². The predicted molar refractivity (Wildman–Crippen MR) is 110 cm³/mol. The highest BCUT2D eigenvalue weighted by Gasteiger charge is 2.26. The van der Waals surface area contributed by atoms with Crippen LogP contribution in [0, 0.1) is 0 Å². The Morgan fingerprint density at radius 3 is 1.62 bits per heavy atom. The van der Waals surface area contributed by atoms with Crippen molar-refractivity contribution in [2.75, 3.05) is 0 Å². The molecule has 0 bridgehead atoms. The molecule has 0 aromatic heterocycles. The fourth-order valence-electron chi connectivity index (χ4n) is 2.69. The Morgan fingerprint density at radius 2 is 1.27 bits per heavy atom. The van der Waals surface area contributed by atoms with E-state index < -0.39 is 6.10 Å². The number of allylic oxidation sites excluding steroid dienone is 1. The molecule has 0 N–H and O–H groups in total. The first-order chi connectivity index (χ1) is 12.2. The summed E-state index contributed by atoms with van der Waals surface area (Å²) in [6.45, 7) is 5.30. The molecule has 2 rings (SSSR count). The number of carbonyl (C=O) groups is 1. The molecule has 0 aliphatic heterocycles. The molecule has 2 aromatic rings. The predicted octanol–water partition coefficient (Wildman–Crippen LogP) is 7.33. The van der Waals surface area contributed by atoms with Gasteiger partial charge in [0.25, 0.3) is 0 Å².